The van der Waals surface area contributed by atoms with E-state index in [0.29, 0.717) is 28.3 Å². The highest BCUT2D eigenvalue weighted by molar-refractivity contribution is 6.32. The van der Waals surface area contributed by atoms with Crippen molar-refractivity contribution < 1.29 is 19.1 Å². The summed E-state index contributed by atoms with van der Waals surface area (Å²) < 4.78 is 5.42. The number of fused-ring (bicyclic) bond motifs is 1. The fourth-order valence-corrected chi connectivity index (χ4v) is 3.05. The van der Waals surface area contributed by atoms with Crippen LogP contribution in [0.25, 0.3) is 0 Å². The third-order valence-corrected chi connectivity index (χ3v) is 4.61. The minimum Gasteiger partial charge on any atom is -0.479 e. The summed E-state index contributed by atoms with van der Waals surface area (Å²) in [6.45, 7) is 0.564. The number of rotatable bonds is 7. The van der Waals surface area contributed by atoms with Crippen molar-refractivity contribution in [1.29, 1.82) is 0 Å². The highest BCUT2D eigenvalue weighted by atomic mass is 35.5. The Balaban J connectivity index is 1.34. The van der Waals surface area contributed by atoms with Crippen molar-refractivity contribution in [2.45, 2.75) is 12.8 Å². The van der Waals surface area contributed by atoms with Crippen molar-refractivity contribution in [3.63, 3.8) is 0 Å². The van der Waals surface area contributed by atoms with E-state index in [1.54, 1.807) is 36.4 Å². The number of para-hydroxylation sites is 1. The second-order valence-corrected chi connectivity index (χ2v) is 6.67. The van der Waals surface area contributed by atoms with Crippen molar-refractivity contribution in [2.24, 2.45) is 0 Å². The maximum Gasteiger partial charge on any atom is 0.261 e. The second kappa shape index (κ2) is 9.76. The minimum atomic E-state index is -0.310. The molecule has 1 N–H and O–H groups in total. The van der Waals surface area contributed by atoms with Gasteiger partial charge in [-0.1, -0.05) is 47.7 Å². The van der Waals surface area contributed by atoms with Crippen LogP contribution in [0.3, 0.4) is 0 Å². The van der Waals surface area contributed by atoms with Gasteiger partial charge < -0.3 is 10.1 Å². The predicted octanol–water partition coefficient (Wildman–Crippen LogP) is 2.91. The average molecular weight is 411 g/mol. The van der Waals surface area contributed by atoms with Gasteiger partial charge >= 0.3 is 0 Å². The molecule has 0 atom stereocenters. The lowest BCUT2D eigenvalue weighted by Crippen LogP contribution is -2.32. The van der Waals surface area contributed by atoms with E-state index < -0.39 is 0 Å². The first kappa shape index (κ1) is 20.4. The van der Waals surface area contributed by atoms with Crippen molar-refractivity contribution in [1.82, 2.24) is 10.2 Å². The number of hydrogen-bond acceptors (Lipinski definition) is 4. The average Bonchev–Trinajstić information content (AvgIpc) is 2.97. The van der Waals surface area contributed by atoms with Crippen molar-refractivity contribution in [3.8, 4) is 17.6 Å². The van der Waals surface area contributed by atoms with Crippen LogP contribution >= 0.6 is 11.6 Å². The Labute approximate surface area is 173 Å². The van der Waals surface area contributed by atoms with Crippen LogP contribution in [0.5, 0.6) is 5.75 Å². The molecule has 0 aliphatic carbocycles. The zero-order valence-corrected chi connectivity index (χ0v) is 16.4. The van der Waals surface area contributed by atoms with Crippen molar-refractivity contribution in [3.05, 3.63) is 64.7 Å². The van der Waals surface area contributed by atoms with Crippen LogP contribution in [0.1, 0.15) is 33.6 Å². The molecule has 0 unspecified atom stereocenters. The van der Waals surface area contributed by atoms with Gasteiger partial charge in [0.2, 0.25) is 5.91 Å². The molecule has 6 nitrogen and oxygen atoms in total. The van der Waals surface area contributed by atoms with Crippen LogP contribution in [0.4, 0.5) is 0 Å². The molecule has 148 valence electrons. The van der Waals surface area contributed by atoms with Gasteiger partial charge in [-0.15, -0.1) is 0 Å². The standard InChI is InChI=1S/C22H19ClN2O4/c23-18-10-3-4-11-19(18)29-15-6-5-13-24-20(26)12-7-14-25-21(27)16-8-1-2-9-17(16)22(25)28/h1-4,8-11H,7,12-15H2,(H,24,26). The number of ether oxygens (including phenoxy) is 1. The molecule has 29 heavy (non-hydrogen) atoms. The van der Waals surface area contributed by atoms with E-state index in [-0.39, 0.29) is 43.8 Å². The van der Waals surface area contributed by atoms with Gasteiger partial charge in [-0.3, -0.25) is 19.3 Å². The SMILES string of the molecule is O=C(CCCN1C(=O)c2ccccc2C1=O)NCC#CCOc1ccccc1Cl. The molecule has 0 radical (unpaired) electrons. The number of hydrogen-bond donors (Lipinski definition) is 1. The van der Waals surface area contributed by atoms with Gasteiger partial charge in [0, 0.05) is 13.0 Å². The third-order valence-electron chi connectivity index (χ3n) is 4.30. The summed E-state index contributed by atoms with van der Waals surface area (Å²) in [7, 11) is 0. The first-order chi connectivity index (χ1) is 14.1. The summed E-state index contributed by atoms with van der Waals surface area (Å²) in [4.78, 5) is 37.6. The summed E-state index contributed by atoms with van der Waals surface area (Å²) in [5, 5.41) is 3.19. The lowest BCUT2D eigenvalue weighted by atomic mass is 10.1. The topological polar surface area (TPSA) is 75.7 Å². The zero-order chi connectivity index (χ0) is 20.6. The van der Waals surface area contributed by atoms with E-state index in [0.717, 1.165) is 0 Å². The summed E-state index contributed by atoms with van der Waals surface area (Å²) in [6, 6.07) is 13.8. The Morgan fingerprint density at radius 3 is 2.34 bits per heavy atom. The number of nitrogens with zero attached hydrogens (tertiary/aromatic N) is 1. The second-order valence-electron chi connectivity index (χ2n) is 6.26. The number of halogens is 1. The Morgan fingerprint density at radius 1 is 1.00 bits per heavy atom. The molecule has 7 heteroatoms. The number of imide groups is 1. The first-order valence-electron chi connectivity index (χ1n) is 9.13. The van der Waals surface area contributed by atoms with E-state index in [4.69, 9.17) is 16.3 Å². The zero-order valence-electron chi connectivity index (χ0n) is 15.6. The van der Waals surface area contributed by atoms with Crippen LogP contribution in [-0.4, -0.2) is 42.3 Å². The predicted molar refractivity (Wildman–Crippen MR) is 109 cm³/mol. The lowest BCUT2D eigenvalue weighted by Gasteiger charge is -2.13. The Kier molecular flexibility index (Phi) is 6.88. The third kappa shape index (κ3) is 5.15. The summed E-state index contributed by atoms with van der Waals surface area (Å²) in [5.41, 5.74) is 0.826. The monoisotopic (exact) mass is 410 g/mol. The molecule has 3 amide bonds. The van der Waals surface area contributed by atoms with Gasteiger partial charge in [0.1, 0.15) is 12.4 Å². The van der Waals surface area contributed by atoms with Gasteiger partial charge in [-0.05, 0) is 30.7 Å². The molecule has 3 rings (SSSR count). The summed E-state index contributed by atoms with van der Waals surface area (Å²) in [6.07, 6.45) is 0.589. The highest BCUT2D eigenvalue weighted by Gasteiger charge is 2.34. The fraction of sp³-hybridized carbons (Fsp3) is 0.227. The molecular weight excluding hydrogens is 392 g/mol. The van der Waals surface area contributed by atoms with E-state index in [2.05, 4.69) is 17.2 Å². The van der Waals surface area contributed by atoms with E-state index in [9.17, 15) is 14.4 Å². The molecule has 1 aliphatic heterocycles. The molecule has 0 saturated carbocycles. The van der Waals surface area contributed by atoms with Gasteiger partial charge in [-0.2, -0.15) is 0 Å². The molecule has 0 fully saturated rings. The summed E-state index contributed by atoms with van der Waals surface area (Å²) >= 11 is 5.97. The number of amides is 3. The smallest absolute Gasteiger partial charge is 0.261 e. The largest absolute Gasteiger partial charge is 0.479 e. The normalized spacial score (nSPS) is 12.2. The Morgan fingerprint density at radius 2 is 1.66 bits per heavy atom. The molecule has 2 aromatic carbocycles. The van der Waals surface area contributed by atoms with Crippen LogP contribution in [0, 0.1) is 11.8 Å². The van der Waals surface area contributed by atoms with Gasteiger partial charge in [0.25, 0.3) is 11.8 Å². The van der Waals surface area contributed by atoms with Crippen LogP contribution < -0.4 is 10.1 Å². The summed E-state index contributed by atoms with van der Waals surface area (Å²) in [5.74, 6) is 5.34. The van der Waals surface area contributed by atoms with Crippen LogP contribution in [-0.2, 0) is 4.79 Å². The Hall–Kier alpha value is -3.30. The lowest BCUT2D eigenvalue weighted by molar-refractivity contribution is -0.121. The molecular formula is C22H19ClN2O4. The Bertz CT molecular complexity index is 959. The van der Waals surface area contributed by atoms with Gasteiger partial charge in [0.15, 0.2) is 0 Å². The minimum absolute atomic E-state index is 0.166. The van der Waals surface area contributed by atoms with Crippen LogP contribution in [0.2, 0.25) is 5.02 Å². The maximum absolute atomic E-state index is 12.2. The number of carbonyl (C=O) groups excluding carboxylic acids is 3. The van der Waals surface area contributed by atoms with Gasteiger partial charge in [0.05, 0.1) is 22.7 Å². The highest BCUT2D eigenvalue weighted by Crippen LogP contribution is 2.23. The molecule has 0 spiro atoms. The molecule has 0 aromatic heterocycles. The van der Waals surface area contributed by atoms with Crippen molar-refractivity contribution in [2.75, 3.05) is 19.7 Å². The molecule has 0 bridgehead atoms. The van der Waals surface area contributed by atoms with Crippen LogP contribution in [0.15, 0.2) is 48.5 Å². The van der Waals surface area contributed by atoms with Crippen molar-refractivity contribution >= 4 is 29.3 Å². The number of carbonyl (C=O) groups is 3. The fourth-order valence-electron chi connectivity index (χ4n) is 2.86. The molecule has 1 aliphatic rings. The number of nitrogens with one attached hydrogen (secondary N) is 1. The van der Waals surface area contributed by atoms with E-state index in [1.807, 2.05) is 12.1 Å². The number of benzene rings is 2. The maximum atomic E-state index is 12.2. The quantitative estimate of drug-likeness (QED) is 0.562. The molecule has 2 aromatic rings. The first-order valence-corrected chi connectivity index (χ1v) is 9.50. The molecule has 1 heterocycles. The van der Waals surface area contributed by atoms with Gasteiger partial charge in [-0.25, -0.2) is 0 Å². The molecule has 0 saturated heterocycles. The van der Waals surface area contributed by atoms with E-state index >= 15 is 0 Å². The van der Waals surface area contributed by atoms with E-state index in [1.165, 1.54) is 4.90 Å².